The van der Waals surface area contributed by atoms with Crippen molar-refractivity contribution in [1.82, 2.24) is 88.0 Å². The first-order valence-electron chi connectivity index (χ1n) is 51.5. The van der Waals surface area contributed by atoms with Crippen LogP contribution in [0.4, 0.5) is 17.2 Å². The van der Waals surface area contributed by atoms with Crippen molar-refractivity contribution >= 4 is 67.9 Å². The van der Waals surface area contributed by atoms with Gasteiger partial charge in [0.1, 0.15) is 5.48 Å². The van der Waals surface area contributed by atoms with Gasteiger partial charge < -0.3 is 28.2 Å². The lowest BCUT2D eigenvalue weighted by Crippen LogP contribution is -2.43. The fraction of sp³-hybridized carbons (Fsp3) is 0.319. The van der Waals surface area contributed by atoms with Crippen LogP contribution in [0.15, 0.2) is 242 Å². The second-order valence-corrected chi connectivity index (χ2v) is 39.0. The predicted octanol–water partition coefficient (Wildman–Crippen LogP) is 18.2. The number of rotatable bonds is 29. The summed E-state index contributed by atoms with van der Waals surface area (Å²) in [7, 11) is 0. The Balaban J connectivity index is 0.000000132. The molecule has 29 heteroatoms. The maximum atomic E-state index is 12.6. The molecule has 0 fully saturated rings. The number of nitrogens with zero attached hydrogens (tertiary/aromatic N) is 15. The van der Waals surface area contributed by atoms with Gasteiger partial charge in [0.2, 0.25) is 0 Å². The Morgan fingerprint density at radius 2 is 0.682 bits per heavy atom. The van der Waals surface area contributed by atoms with Gasteiger partial charge in [-0.3, -0.25) is 43.9 Å². The maximum absolute atomic E-state index is 12.6. The van der Waals surface area contributed by atoms with Gasteiger partial charge in [0.15, 0.2) is 57.2 Å². The van der Waals surface area contributed by atoms with Crippen molar-refractivity contribution in [1.29, 1.82) is 0 Å². The molecule has 10 aromatic carbocycles. The van der Waals surface area contributed by atoms with E-state index in [1.165, 1.54) is 94.6 Å². The standard InChI is InChI=1S/3C24H26N4O2.C24H26N4O.C23H24N4O2/c1-4-7-18-14-19-20(13-16(18)3)28(11-6-10-17-9-5-8-15(2)12-17)22-21(25-19)23(29)27-24(30)26-22;1-4-7-18-14-20-19(13-16(18)3)25-21-22(26-24(30)27-23(21)29)28(20)11-6-10-17-9-5-8-15(2)12-17;1-4-6-18-14-19-20(13-16(18)3)28(12-5-7-17-10-8-15(2)9-11-17)22-21(25-19)23(29)27-24(30)26-22;1-5-19-13-20-21(12-16(19)3)28(14-15(2)11-18-9-7-6-8-10-18)23-22(27-20)24(29)26-17(4)25-23;1-3-6-16-10-11-19-18(14-16)24-20-21(25-23(29)26-22(20)28)27(19)12-5-9-17-8-4-7-15(2)13-17/h2*5,8-9,12-14H,4,6-7,10-11H2,1-3H3,(H,27,29,30);8-11,13-14H,4-7,12H2,1-3H3,(H,27,29,30);6-10,12-13,15H,4-5,11,14H2,1-3H3,(H,26,29);4,7-8,10-11,13-14H,3,5-6,9,12H2,1-2H3,(H,26,28,29). The monoisotopic (exact) mass is 1980 g/mol. The highest BCUT2D eigenvalue weighted by atomic mass is 16.2. The SMILES string of the molecule is C=c1nc2c(c(=O)[nH]1)=Nc1cc(CC)c(C)cc1N2CC(C)Cc1ccccc1.CCCc1cc2c(cc1C)nc1c(=O)[nH]c(=O)nc-1n2CCCc1cccc(C)c1.CCCc1cc2nc3c(=O)[nH]c(=O)nc-3n(CCCc3ccc(C)cc3)c2cc1C.CCCc1cc2nc3c(=O)[nH]c(=O)nc-3n(CCCc3cccc(C)c3)c2cc1C.CCCc1ccc2c(c1)nc1c(=O)[nH]c(=O)nc-1n2CCCc1cccc(C)c1. The summed E-state index contributed by atoms with van der Waals surface area (Å²) >= 11 is 0. The largest absolute Gasteiger partial charge is 0.349 e. The number of hydrogen-bond acceptors (Lipinski definition) is 20. The molecule has 9 aliphatic rings. The van der Waals surface area contributed by atoms with Gasteiger partial charge in [0.25, 0.3) is 27.8 Å². The molecule has 0 amide bonds. The van der Waals surface area contributed by atoms with E-state index in [1.807, 2.05) is 42.5 Å². The molecule has 148 heavy (non-hydrogen) atoms. The normalized spacial score (nSPS) is 11.8. The smallest absolute Gasteiger partial charge is 0.322 e. The van der Waals surface area contributed by atoms with Crippen LogP contribution in [-0.4, -0.2) is 94.6 Å². The van der Waals surface area contributed by atoms with Gasteiger partial charge in [-0.25, -0.2) is 49.1 Å². The Morgan fingerprint density at radius 3 is 1.11 bits per heavy atom. The van der Waals surface area contributed by atoms with Crippen LogP contribution in [0.5, 0.6) is 0 Å². The van der Waals surface area contributed by atoms with Crippen LogP contribution in [0.2, 0.25) is 0 Å². The van der Waals surface area contributed by atoms with Crippen molar-refractivity contribution in [3.63, 3.8) is 0 Å². The van der Waals surface area contributed by atoms with Gasteiger partial charge in [-0.05, 0) is 290 Å². The number of H-pyrrole nitrogens is 5. The van der Waals surface area contributed by atoms with Gasteiger partial charge in [-0.1, -0.05) is 230 Å². The summed E-state index contributed by atoms with van der Waals surface area (Å²) in [6.07, 6.45) is 17.0. The van der Waals surface area contributed by atoms with Crippen LogP contribution in [0.3, 0.4) is 0 Å². The first-order valence-corrected chi connectivity index (χ1v) is 51.5. The molecule has 5 N–H and O–H groups in total. The zero-order valence-electron chi connectivity index (χ0n) is 86.9. The van der Waals surface area contributed by atoms with E-state index in [9.17, 15) is 43.2 Å². The van der Waals surface area contributed by atoms with Gasteiger partial charge in [0, 0.05) is 32.7 Å². The molecule has 29 nitrogen and oxygen atoms in total. The highest BCUT2D eigenvalue weighted by Crippen LogP contribution is 2.39. The Kier molecular flexibility index (Phi) is 33.4. The quantitative estimate of drug-likeness (QED) is 0.0272. The van der Waals surface area contributed by atoms with Crippen molar-refractivity contribution in [2.75, 3.05) is 11.4 Å². The third-order valence-electron chi connectivity index (χ3n) is 27.2. The van der Waals surface area contributed by atoms with Crippen LogP contribution in [0.1, 0.15) is 193 Å². The van der Waals surface area contributed by atoms with E-state index < -0.39 is 45.0 Å². The van der Waals surface area contributed by atoms with E-state index >= 15 is 0 Å². The molecular formula is C119H128N20O9. The first kappa shape index (κ1) is 105. The zero-order valence-corrected chi connectivity index (χ0v) is 86.9. The van der Waals surface area contributed by atoms with Crippen molar-refractivity contribution in [3.8, 4) is 46.1 Å². The second kappa shape index (κ2) is 47.2. The maximum Gasteiger partial charge on any atom is 0.349 e. The molecule has 1 aromatic heterocycles. The minimum Gasteiger partial charge on any atom is -0.322 e. The number of aromatic amines is 5. The molecule has 1 atom stereocenters. The number of fused-ring (bicyclic) bond motifs is 10. The van der Waals surface area contributed by atoms with Crippen LogP contribution in [0, 0.1) is 61.3 Å². The molecule has 0 spiro atoms. The van der Waals surface area contributed by atoms with Gasteiger partial charge in [0.05, 0.1) is 55.5 Å². The predicted molar refractivity (Wildman–Crippen MR) is 590 cm³/mol. The lowest BCUT2D eigenvalue weighted by atomic mass is 9.98. The molecular weight excluding hydrogens is 1850 g/mol. The molecule has 0 aliphatic carbocycles. The third kappa shape index (κ3) is 24.7. The molecule has 1 unspecified atom stereocenters. The highest BCUT2D eigenvalue weighted by molar-refractivity contribution is 5.85. The number of benzene rings is 10. The van der Waals surface area contributed by atoms with Crippen LogP contribution in [-0.2, 0) is 90.4 Å². The second-order valence-electron chi connectivity index (χ2n) is 39.0. The number of anilines is 2. The highest BCUT2D eigenvalue weighted by Gasteiger charge is 2.29. The summed E-state index contributed by atoms with van der Waals surface area (Å²) in [4.78, 5) is 168. The van der Waals surface area contributed by atoms with Gasteiger partial charge >= 0.3 is 22.8 Å². The molecule has 9 aliphatic heterocycles. The van der Waals surface area contributed by atoms with E-state index in [0.29, 0.717) is 72.0 Å². The topological polar surface area (TPSA) is 384 Å². The summed E-state index contributed by atoms with van der Waals surface area (Å²) in [5.41, 5.74) is 27.2. The fourth-order valence-electron chi connectivity index (χ4n) is 19.9. The average molecular weight is 1980 g/mol. The van der Waals surface area contributed by atoms with E-state index in [-0.39, 0.29) is 28.3 Å². The summed E-state index contributed by atoms with van der Waals surface area (Å²) in [5.74, 6) is 2.35. The lowest BCUT2D eigenvalue weighted by molar-refractivity contribution is 0.580. The molecule has 10 heterocycles. The molecule has 0 bridgehead atoms. The minimum atomic E-state index is -0.640. The first-order chi connectivity index (χ1) is 71.4. The zero-order chi connectivity index (χ0) is 105. The van der Waals surface area contributed by atoms with Crippen molar-refractivity contribution in [3.05, 3.63) is 399 Å². The van der Waals surface area contributed by atoms with Crippen molar-refractivity contribution < 1.29 is 0 Å². The van der Waals surface area contributed by atoms with E-state index in [1.54, 1.807) is 0 Å². The molecule has 20 rings (SSSR count). The molecule has 0 saturated carbocycles. The van der Waals surface area contributed by atoms with Gasteiger partial charge in [-0.2, -0.15) is 19.9 Å². The summed E-state index contributed by atoms with van der Waals surface area (Å²) in [6.45, 7) is 36.8. The van der Waals surface area contributed by atoms with E-state index in [4.69, 9.17) is 0 Å². The summed E-state index contributed by atoms with van der Waals surface area (Å²) in [6, 6.07) is 67.3. The number of aryl methyl sites for hydroxylation is 21. The average Bonchev–Trinajstić information content (AvgIpc) is 0.815. The molecule has 0 saturated heterocycles. The fourth-order valence-corrected chi connectivity index (χ4v) is 19.9. The Hall–Kier alpha value is -16.3. The number of aromatic nitrogens is 18. The van der Waals surface area contributed by atoms with Gasteiger partial charge in [-0.15, -0.1) is 0 Å². The Morgan fingerprint density at radius 1 is 0.311 bits per heavy atom. The summed E-state index contributed by atoms with van der Waals surface area (Å²) in [5, 5.41) is 0.364. The molecule has 0 radical (unpaired) electrons. The van der Waals surface area contributed by atoms with Crippen LogP contribution >= 0.6 is 0 Å². The molecule has 758 valence electrons. The minimum absolute atomic E-state index is 0.209. The number of nitrogens with one attached hydrogen (secondary N) is 5. The number of hydrogen-bond donors (Lipinski definition) is 5. The van der Waals surface area contributed by atoms with Crippen LogP contribution in [0.25, 0.3) is 96.8 Å². The third-order valence-corrected chi connectivity index (χ3v) is 27.2. The Labute approximate surface area is 856 Å². The van der Waals surface area contributed by atoms with E-state index in [2.05, 4.69) is 353 Å². The van der Waals surface area contributed by atoms with Crippen molar-refractivity contribution in [2.24, 2.45) is 10.9 Å². The molecule has 11 aromatic rings. The Bertz CT molecular complexity index is 8690. The van der Waals surface area contributed by atoms with Crippen LogP contribution < -0.4 is 66.3 Å². The lowest BCUT2D eigenvalue weighted by Gasteiger charge is -2.31. The summed E-state index contributed by atoms with van der Waals surface area (Å²) < 4.78 is 7.90. The van der Waals surface area contributed by atoms with E-state index in [0.717, 1.165) is 183 Å². The van der Waals surface area contributed by atoms with Crippen molar-refractivity contribution in [2.45, 2.75) is 239 Å².